The highest BCUT2D eigenvalue weighted by molar-refractivity contribution is 7.98. The van der Waals surface area contributed by atoms with Gasteiger partial charge in [-0.2, -0.15) is 0 Å². The van der Waals surface area contributed by atoms with Crippen LogP contribution in [0.15, 0.2) is 58.3 Å². The van der Waals surface area contributed by atoms with Crippen LogP contribution in [0, 0.1) is 0 Å². The van der Waals surface area contributed by atoms with Gasteiger partial charge in [-0.05, 0) is 80.5 Å². The Labute approximate surface area is 147 Å². The van der Waals surface area contributed by atoms with Gasteiger partial charge in [0.1, 0.15) is 5.75 Å². The Balaban J connectivity index is 1.67. The Hall–Kier alpha value is -1.66. The van der Waals surface area contributed by atoms with Gasteiger partial charge in [-0.25, -0.2) is 8.42 Å². The number of benzene rings is 2. The van der Waals surface area contributed by atoms with Crippen LogP contribution in [0.4, 0.5) is 5.69 Å². The van der Waals surface area contributed by atoms with E-state index in [0.717, 1.165) is 23.5 Å². The molecule has 0 amide bonds. The van der Waals surface area contributed by atoms with Crippen molar-refractivity contribution >= 4 is 27.5 Å². The molecule has 6 heteroatoms. The monoisotopic (exact) mass is 363 g/mol. The molecule has 1 aliphatic rings. The van der Waals surface area contributed by atoms with Gasteiger partial charge in [0.05, 0.1) is 11.0 Å². The van der Waals surface area contributed by atoms with Crippen molar-refractivity contribution in [3.05, 3.63) is 48.5 Å². The van der Waals surface area contributed by atoms with E-state index in [1.54, 1.807) is 48.2 Å². The molecule has 0 heterocycles. The average Bonchev–Trinajstić information content (AvgIpc) is 3.09. The lowest BCUT2D eigenvalue weighted by Crippen LogP contribution is -2.13. The van der Waals surface area contributed by atoms with E-state index in [1.807, 2.05) is 18.4 Å². The molecule has 0 radical (unpaired) electrons. The normalized spacial score (nSPS) is 15.4. The molecule has 2 aromatic carbocycles. The molecule has 1 aliphatic carbocycles. The van der Waals surface area contributed by atoms with Gasteiger partial charge in [0.15, 0.2) is 0 Å². The zero-order valence-electron chi connectivity index (χ0n) is 13.6. The van der Waals surface area contributed by atoms with E-state index >= 15 is 0 Å². The van der Waals surface area contributed by atoms with Crippen LogP contribution in [0.25, 0.3) is 0 Å². The van der Waals surface area contributed by atoms with Crippen LogP contribution >= 0.6 is 11.8 Å². The summed E-state index contributed by atoms with van der Waals surface area (Å²) in [6.45, 7) is 0. The predicted octanol–water partition coefficient (Wildman–Crippen LogP) is 4.53. The van der Waals surface area contributed by atoms with E-state index in [2.05, 4.69) is 4.72 Å². The molecule has 128 valence electrons. The molecule has 3 rings (SSSR count). The first-order valence-corrected chi connectivity index (χ1v) is 10.7. The van der Waals surface area contributed by atoms with Gasteiger partial charge in [0.2, 0.25) is 0 Å². The Morgan fingerprint density at radius 2 is 1.62 bits per heavy atom. The smallest absolute Gasteiger partial charge is 0.261 e. The van der Waals surface area contributed by atoms with Crippen molar-refractivity contribution in [2.24, 2.45) is 0 Å². The van der Waals surface area contributed by atoms with Crippen molar-refractivity contribution in [1.29, 1.82) is 0 Å². The summed E-state index contributed by atoms with van der Waals surface area (Å²) < 4.78 is 33.3. The molecule has 0 aromatic heterocycles. The number of hydrogen-bond donors (Lipinski definition) is 1. The van der Waals surface area contributed by atoms with Crippen LogP contribution in [0.5, 0.6) is 5.75 Å². The minimum Gasteiger partial charge on any atom is -0.490 e. The van der Waals surface area contributed by atoms with Crippen molar-refractivity contribution in [3.63, 3.8) is 0 Å². The molecule has 1 fully saturated rings. The molecule has 1 saturated carbocycles. The fourth-order valence-corrected chi connectivity index (χ4v) is 4.24. The third kappa shape index (κ3) is 4.24. The molecule has 0 atom stereocenters. The SMILES string of the molecule is CSc1ccc(S(=O)(=O)Nc2ccc(OC3CCCC3)cc2)cc1. The fourth-order valence-electron chi connectivity index (χ4n) is 2.77. The highest BCUT2D eigenvalue weighted by Crippen LogP contribution is 2.26. The molecular weight excluding hydrogens is 342 g/mol. The van der Waals surface area contributed by atoms with Crippen molar-refractivity contribution < 1.29 is 13.2 Å². The van der Waals surface area contributed by atoms with Crippen molar-refractivity contribution in [1.82, 2.24) is 0 Å². The quantitative estimate of drug-likeness (QED) is 0.766. The highest BCUT2D eigenvalue weighted by Gasteiger charge is 2.17. The third-order valence-electron chi connectivity index (χ3n) is 4.08. The van der Waals surface area contributed by atoms with Crippen molar-refractivity contribution in [2.75, 3.05) is 11.0 Å². The topological polar surface area (TPSA) is 55.4 Å². The Bertz CT molecular complexity index is 765. The highest BCUT2D eigenvalue weighted by atomic mass is 32.2. The molecule has 24 heavy (non-hydrogen) atoms. The minimum atomic E-state index is -3.57. The second kappa shape index (κ2) is 7.49. The van der Waals surface area contributed by atoms with Crippen molar-refractivity contribution in [2.45, 2.75) is 41.6 Å². The number of anilines is 1. The first-order valence-electron chi connectivity index (χ1n) is 8.00. The van der Waals surface area contributed by atoms with Crippen LogP contribution < -0.4 is 9.46 Å². The number of hydrogen-bond acceptors (Lipinski definition) is 4. The number of thioether (sulfide) groups is 1. The molecule has 0 spiro atoms. The van der Waals surface area contributed by atoms with E-state index in [-0.39, 0.29) is 4.90 Å². The molecule has 0 bridgehead atoms. The first kappa shape index (κ1) is 17.2. The summed E-state index contributed by atoms with van der Waals surface area (Å²) in [6, 6.07) is 13.9. The number of ether oxygens (including phenoxy) is 1. The number of rotatable bonds is 6. The summed E-state index contributed by atoms with van der Waals surface area (Å²) in [6.07, 6.45) is 6.88. The predicted molar refractivity (Wildman–Crippen MR) is 98.4 cm³/mol. The molecule has 0 unspecified atom stereocenters. The summed E-state index contributed by atoms with van der Waals surface area (Å²) >= 11 is 1.58. The van der Waals surface area contributed by atoms with Gasteiger partial charge in [0, 0.05) is 10.6 Å². The Morgan fingerprint density at radius 3 is 2.21 bits per heavy atom. The first-order chi connectivity index (χ1) is 11.6. The Kier molecular flexibility index (Phi) is 5.36. The third-order valence-corrected chi connectivity index (χ3v) is 6.22. The standard InChI is InChI=1S/C18H21NO3S2/c1-23-17-10-12-18(13-11-17)24(20,21)19-14-6-8-16(9-7-14)22-15-4-2-3-5-15/h6-13,15,19H,2-5H2,1H3. The van der Waals surface area contributed by atoms with Crippen LogP contribution in [0.2, 0.25) is 0 Å². The molecule has 0 saturated heterocycles. The lowest BCUT2D eigenvalue weighted by Gasteiger charge is -2.14. The molecular formula is C18H21NO3S2. The lowest BCUT2D eigenvalue weighted by atomic mass is 10.3. The molecule has 2 aromatic rings. The summed E-state index contributed by atoms with van der Waals surface area (Å²) in [5.74, 6) is 0.786. The van der Waals surface area contributed by atoms with Gasteiger partial charge in [-0.3, -0.25) is 4.72 Å². The maximum Gasteiger partial charge on any atom is 0.261 e. The number of nitrogens with one attached hydrogen (secondary N) is 1. The Morgan fingerprint density at radius 1 is 1.00 bits per heavy atom. The van der Waals surface area contributed by atoms with Crippen molar-refractivity contribution in [3.8, 4) is 5.75 Å². The fraction of sp³-hybridized carbons (Fsp3) is 0.333. The summed E-state index contributed by atoms with van der Waals surface area (Å²) in [5, 5.41) is 0. The minimum absolute atomic E-state index is 0.256. The van der Waals surface area contributed by atoms with Gasteiger partial charge >= 0.3 is 0 Å². The second-order valence-corrected chi connectivity index (χ2v) is 8.39. The second-order valence-electron chi connectivity index (χ2n) is 5.83. The summed E-state index contributed by atoms with van der Waals surface area (Å²) in [5.41, 5.74) is 0.530. The van der Waals surface area contributed by atoms with Gasteiger partial charge in [0.25, 0.3) is 10.0 Å². The van der Waals surface area contributed by atoms with E-state index in [4.69, 9.17) is 4.74 Å². The molecule has 0 aliphatic heterocycles. The van der Waals surface area contributed by atoms with Gasteiger partial charge < -0.3 is 4.74 Å². The van der Waals surface area contributed by atoms with Gasteiger partial charge in [-0.15, -0.1) is 11.8 Å². The van der Waals surface area contributed by atoms with E-state index in [9.17, 15) is 8.42 Å². The molecule has 1 N–H and O–H groups in total. The maximum absolute atomic E-state index is 12.4. The summed E-state index contributed by atoms with van der Waals surface area (Å²) in [7, 11) is -3.57. The largest absolute Gasteiger partial charge is 0.490 e. The lowest BCUT2D eigenvalue weighted by molar-refractivity contribution is 0.210. The zero-order valence-corrected chi connectivity index (χ0v) is 15.2. The van der Waals surface area contributed by atoms with Crippen LogP contribution in [-0.4, -0.2) is 20.8 Å². The average molecular weight is 364 g/mol. The van der Waals surface area contributed by atoms with Crippen LogP contribution in [-0.2, 0) is 10.0 Å². The number of sulfonamides is 1. The van der Waals surface area contributed by atoms with Gasteiger partial charge in [-0.1, -0.05) is 0 Å². The zero-order chi connectivity index (χ0) is 17.0. The summed E-state index contributed by atoms with van der Waals surface area (Å²) in [4.78, 5) is 1.29. The van der Waals surface area contributed by atoms with E-state index in [0.29, 0.717) is 11.8 Å². The van der Waals surface area contributed by atoms with E-state index in [1.165, 1.54) is 12.8 Å². The van der Waals surface area contributed by atoms with Crippen LogP contribution in [0.1, 0.15) is 25.7 Å². The van der Waals surface area contributed by atoms with E-state index < -0.39 is 10.0 Å². The maximum atomic E-state index is 12.4. The molecule has 4 nitrogen and oxygen atoms in total. The van der Waals surface area contributed by atoms with Crippen LogP contribution in [0.3, 0.4) is 0 Å².